The zero-order valence-electron chi connectivity index (χ0n) is 20.7. The van der Waals surface area contributed by atoms with Crippen molar-refractivity contribution in [1.29, 1.82) is 0 Å². The predicted molar refractivity (Wildman–Crippen MR) is 151 cm³/mol. The minimum absolute atomic E-state index is 0.0668. The maximum absolute atomic E-state index is 12.5. The minimum Gasteiger partial charge on any atom is -0.272 e. The second-order valence-corrected chi connectivity index (χ2v) is 11.3. The first-order chi connectivity index (χ1) is 17.2. The van der Waals surface area contributed by atoms with E-state index in [-0.39, 0.29) is 17.1 Å². The molecule has 4 aromatic rings. The van der Waals surface area contributed by atoms with Crippen LogP contribution >= 0.6 is 27.7 Å². The lowest BCUT2D eigenvalue weighted by Gasteiger charge is -2.19. The maximum Gasteiger partial charge on any atom is 0.250 e. The molecule has 3 aromatic carbocycles. The quantitative estimate of drug-likeness (QED) is 0.158. The van der Waals surface area contributed by atoms with Gasteiger partial charge in [-0.2, -0.15) is 5.10 Å². The number of rotatable bonds is 7. The second-order valence-electron chi connectivity index (χ2n) is 9.44. The van der Waals surface area contributed by atoms with Gasteiger partial charge in [-0.15, -0.1) is 10.2 Å². The number of nitrogens with zero attached hydrogens (tertiary/aromatic N) is 4. The smallest absolute Gasteiger partial charge is 0.250 e. The van der Waals surface area contributed by atoms with Gasteiger partial charge >= 0.3 is 0 Å². The van der Waals surface area contributed by atoms with Gasteiger partial charge in [-0.25, -0.2) is 5.43 Å². The molecule has 0 atom stereocenters. The van der Waals surface area contributed by atoms with Crippen LogP contribution in [-0.2, 0) is 10.2 Å². The molecular formula is C28H28BrN5OS. The van der Waals surface area contributed by atoms with Gasteiger partial charge in [0.25, 0.3) is 5.91 Å². The third-order valence-electron chi connectivity index (χ3n) is 5.54. The average Bonchev–Trinajstić information content (AvgIpc) is 3.28. The predicted octanol–water partition coefficient (Wildman–Crippen LogP) is 6.55. The first-order valence-electron chi connectivity index (χ1n) is 11.5. The van der Waals surface area contributed by atoms with Crippen LogP contribution in [0.15, 0.2) is 87.5 Å². The van der Waals surface area contributed by atoms with Gasteiger partial charge in [0.15, 0.2) is 11.0 Å². The third kappa shape index (κ3) is 6.50. The van der Waals surface area contributed by atoms with E-state index < -0.39 is 0 Å². The Hall–Kier alpha value is -3.23. The first-order valence-corrected chi connectivity index (χ1v) is 13.3. The molecule has 184 valence electrons. The molecule has 8 heteroatoms. The van der Waals surface area contributed by atoms with Crippen molar-refractivity contribution in [3.63, 3.8) is 0 Å². The zero-order chi connectivity index (χ0) is 25.7. The summed E-state index contributed by atoms with van der Waals surface area (Å²) in [6, 6.07) is 24.3. The molecule has 0 fully saturated rings. The van der Waals surface area contributed by atoms with E-state index in [1.807, 2.05) is 41.0 Å². The number of amides is 1. The standard InChI is InChI=1S/C28H28BrN5OS/c1-19-5-15-24(16-6-19)34-26(21-9-11-22(12-10-21)28(2,3)4)32-33-27(34)36-18-25(35)31-30-17-20-7-13-23(29)14-8-20/h5-17H,18H2,1-4H3,(H,31,35). The summed E-state index contributed by atoms with van der Waals surface area (Å²) in [7, 11) is 0. The van der Waals surface area contributed by atoms with Crippen molar-refractivity contribution < 1.29 is 4.79 Å². The van der Waals surface area contributed by atoms with E-state index in [0.29, 0.717) is 5.16 Å². The van der Waals surface area contributed by atoms with E-state index in [4.69, 9.17) is 0 Å². The third-order valence-corrected chi connectivity index (χ3v) is 7.00. The zero-order valence-corrected chi connectivity index (χ0v) is 23.1. The van der Waals surface area contributed by atoms with Gasteiger partial charge in [0.1, 0.15) is 0 Å². The minimum atomic E-state index is -0.220. The maximum atomic E-state index is 12.5. The molecule has 36 heavy (non-hydrogen) atoms. The number of hydrogen-bond donors (Lipinski definition) is 1. The van der Waals surface area contributed by atoms with Crippen molar-refractivity contribution in [2.75, 3.05) is 5.75 Å². The van der Waals surface area contributed by atoms with Gasteiger partial charge in [0.05, 0.1) is 12.0 Å². The number of carbonyl (C=O) groups excluding carboxylic acids is 1. The monoisotopic (exact) mass is 561 g/mol. The van der Waals surface area contributed by atoms with Gasteiger partial charge in [-0.1, -0.05) is 103 Å². The largest absolute Gasteiger partial charge is 0.272 e. The first kappa shape index (κ1) is 25.9. The Labute approximate surface area is 224 Å². The lowest BCUT2D eigenvalue weighted by atomic mass is 9.87. The number of carbonyl (C=O) groups is 1. The molecule has 0 aliphatic carbocycles. The van der Waals surface area contributed by atoms with E-state index in [0.717, 1.165) is 27.1 Å². The molecule has 0 bridgehead atoms. The van der Waals surface area contributed by atoms with Crippen molar-refractivity contribution >= 4 is 39.8 Å². The Balaban J connectivity index is 1.53. The van der Waals surface area contributed by atoms with E-state index in [1.165, 1.54) is 22.9 Å². The normalized spacial score (nSPS) is 11.7. The molecular weight excluding hydrogens is 534 g/mol. The number of nitrogens with one attached hydrogen (secondary N) is 1. The van der Waals surface area contributed by atoms with E-state index in [1.54, 1.807) is 6.21 Å². The van der Waals surface area contributed by atoms with Gasteiger partial charge in [-0.3, -0.25) is 9.36 Å². The highest BCUT2D eigenvalue weighted by Gasteiger charge is 2.19. The molecule has 1 amide bonds. The molecule has 0 saturated heterocycles. The fraction of sp³-hybridized carbons (Fsp3) is 0.214. The molecule has 1 aromatic heterocycles. The lowest BCUT2D eigenvalue weighted by molar-refractivity contribution is -0.118. The number of hydrazone groups is 1. The summed E-state index contributed by atoms with van der Waals surface area (Å²) >= 11 is 4.73. The molecule has 0 radical (unpaired) electrons. The molecule has 0 aliphatic rings. The summed E-state index contributed by atoms with van der Waals surface area (Å²) in [5, 5.41) is 13.6. The van der Waals surface area contributed by atoms with Crippen LogP contribution in [0.2, 0.25) is 0 Å². The van der Waals surface area contributed by atoms with Crippen molar-refractivity contribution in [1.82, 2.24) is 20.2 Å². The summed E-state index contributed by atoms with van der Waals surface area (Å²) in [5.74, 6) is 0.670. The molecule has 6 nitrogen and oxygen atoms in total. The average molecular weight is 563 g/mol. The van der Waals surface area contributed by atoms with Crippen LogP contribution in [0.4, 0.5) is 0 Å². The van der Waals surface area contributed by atoms with Crippen LogP contribution in [0.1, 0.15) is 37.5 Å². The molecule has 0 unspecified atom stereocenters. The van der Waals surface area contributed by atoms with E-state index in [9.17, 15) is 4.79 Å². The van der Waals surface area contributed by atoms with Gasteiger partial charge < -0.3 is 0 Å². The molecule has 0 aliphatic heterocycles. The Morgan fingerprint density at radius 1 is 1.00 bits per heavy atom. The number of aromatic nitrogens is 3. The summed E-state index contributed by atoms with van der Waals surface area (Å²) < 4.78 is 2.98. The van der Waals surface area contributed by atoms with Crippen LogP contribution in [0, 0.1) is 6.92 Å². The van der Waals surface area contributed by atoms with Crippen molar-refractivity contribution in [2.45, 2.75) is 38.3 Å². The van der Waals surface area contributed by atoms with Crippen LogP contribution in [0.5, 0.6) is 0 Å². The summed E-state index contributed by atoms with van der Waals surface area (Å²) in [4.78, 5) is 12.5. The Morgan fingerprint density at radius 3 is 2.31 bits per heavy atom. The van der Waals surface area contributed by atoms with Gasteiger partial charge in [0, 0.05) is 15.7 Å². The molecule has 0 spiro atoms. The Bertz CT molecular complexity index is 1360. The lowest BCUT2D eigenvalue weighted by Crippen LogP contribution is -2.20. The highest BCUT2D eigenvalue weighted by atomic mass is 79.9. The van der Waals surface area contributed by atoms with Crippen LogP contribution in [0.3, 0.4) is 0 Å². The van der Waals surface area contributed by atoms with Gasteiger partial charge in [0.2, 0.25) is 0 Å². The Kier molecular flexibility index (Phi) is 8.06. The second kappa shape index (κ2) is 11.2. The fourth-order valence-electron chi connectivity index (χ4n) is 3.49. The van der Waals surface area contributed by atoms with Crippen LogP contribution in [0.25, 0.3) is 17.1 Å². The van der Waals surface area contributed by atoms with Crippen molar-refractivity contribution in [2.24, 2.45) is 5.10 Å². The van der Waals surface area contributed by atoms with E-state index >= 15 is 0 Å². The summed E-state index contributed by atoms with van der Waals surface area (Å²) in [6.45, 7) is 8.63. The van der Waals surface area contributed by atoms with Crippen molar-refractivity contribution in [3.8, 4) is 17.1 Å². The van der Waals surface area contributed by atoms with Crippen LogP contribution < -0.4 is 5.43 Å². The number of thioether (sulfide) groups is 1. The highest BCUT2D eigenvalue weighted by Crippen LogP contribution is 2.30. The Morgan fingerprint density at radius 2 is 1.67 bits per heavy atom. The number of aryl methyl sites for hydroxylation is 1. The van der Waals surface area contributed by atoms with Gasteiger partial charge in [-0.05, 0) is 47.7 Å². The number of hydrogen-bond acceptors (Lipinski definition) is 5. The summed E-state index contributed by atoms with van der Waals surface area (Å²) in [5.41, 5.74) is 7.87. The SMILES string of the molecule is Cc1ccc(-n2c(SCC(=O)NN=Cc3ccc(Br)cc3)nnc2-c2ccc(C(C)(C)C)cc2)cc1. The van der Waals surface area contributed by atoms with Crippen molar-refractivity contribution in [3.05, 3.63) is 94.0 Å². The molecule has 1 N–H and O–H groups in total. The summed E-state index contributed by atoms with van der Waals surface area (Å²) in [6.07, 6.45) is 1.61. The van der Waals surface area contributed by atoms with E-state index in [2.05, 4.69) is 101 Å². The highest BCUT2D eigenvalue weighted by molar-refractivity contribution is 9.10. The number of benzene rings is 3. The topological polar surface area (TPSA) is 72.2 Å². The molecule has 0 saturated carbocycles. The number of halogens is 1. The molecule has 4 rings (SSSR count). The van der Waals surface area contributed by atoms with Crippen LogP contribution in [-0.4, -0.2) is 32.6 Å². The fourth-order valence-corrected chi connectivity index (χ4v) is 4.49. The molecule has 1 heterocycles.